The topological polar surface area (TPSA) is 71.4 Å². The Balaban J connectivity index is 1.83. The molecule has 0 unspecified atom stereocenters. The maximum Gasteiger partial charge on any atom is 0.307 e. The summed E-state index contributed by atoms with van der Waals surface area (Å²) in [6, 6.07) is 14.4. The molecule has 2 rings (SSSR count). The zero-order valence-corrected chi connectivity index (χ0v) is 14.6. The predicted molar refractivity (Wildman–Crippen MR) is 94.0 cm³/mol. The summed E-state index contributed by atoms with van der Waals surface area (Å²) in [6.45, 7) is 1.88. The van der Waals surface area contributed by atoms with Crippen molar-refractivity contribution in [2.45, 2.75) is 37.5 Å². The summed E-state index contributed by atoms with van der Waals surface area (Å²) in [7, 11) is -3.22. The van der Waals surface area contributed by atoms with Gasteiger partial charge in [0.15, 0.2) is 9.84 Å². The van der Waals surface area contributed by atoms with Crippen molar-refractivity contribution in [2.75, 3.05) is 5.75 Å². The standard InChI is InChI=1S/C19H22O4S/c1-15-5-4-7-18(13-15)24(22,23)12-3-2-6-16-8-10-17(11-9-16)14-19(20)21/h4-5,7-11,13H,2-3,6,12,14H2,1H3,(H,20,21). The van der Waals surface area contributed by atoms with E-state index >= 15 is 0 Å². The molecule has 0 heterocycles. The molecule has 0 aliphatic carbocycles. The zero-order chi connectivity index (χ0) is 17.6. The molecule has 0 saturated heterocycles. The summed E-state index contributed by atoms with van der Waals surface area (Å²) in [5, 5.41) is 8.74. The molecule has 24 heavy (non-hydrogen) atoms. The molecular formula is C19H22O4S. The van der Waals surface area contributed by atoms with Crippen molar-refractivity contribution in [3.63, 3.8) is 0 Å². The first-order valence-electron chi connectivity index (χ1n) is 7.96. The molecule has 0 aliphatic rings. The average molecular weight is 346 g/mol. The molecule has 0 amide bonds. The van der Waals surface area contributed by atoms with E-state index in [4.69, 9.17) is 5.11 Å². The quantitative estimate of drug-likeness (QED) is 0.744. The minimum absolute atomic E-state index is 0.0228. The molecule has 128 valence electrons. The van der Waals surface area contributed by atoms with Crippen LogP contribution in [-0.2, 0) is 27.5 Å². The molecule has 4 nitrogen and oxygen atoms in total. The zero-order valence-electron chi connectivity index (χ0n) is 13.7. The number of carboxylic acid groups (broad SMARTS) is 1. The Morgan fingerprint density at radius 3 is 2.29 bits per heavy atom. The Kier molecular flexibility index (Phi) is 6.15. The minimum atomic E-state index is -3.22. The number of sulfone groups is 1. The fourth-order valence-electron chi connectivity index (χ4n) is 2.55. The molecule has 0 saturated carbocycles. The van der Waals surface area contributed by atoms with Gasteiger partial charge in [0.2, 0.25) is 0 Å². The van der Waals surface area contributed by atoms with Gasteiger partial charge in [0, 0.05) is 0 Å². The summed E-state index contributed by atoms with van der Waals surface area (Å²) < 4.78 is 24.6. The summed E-state index contributed by atoms with van der Waals surface area (Å²) >= 11 is 0. The van der Waals surface area contributed by atoms with Gasteiger partial charge in [-0.05, 0) is 55.0 Å². The van der Waals surface area contributed by atoms with Crippen LogP contribution in [0.5, 0.6) is 0 Å². The van der Waals surface area contributed by atoms with E-state index in [0.29, 0.717) is 11.3 Å². The Morgan fingerprint density at radius 2 is 1.67 bits per heavy atom. The molecule has 0 aromatic heterocycles. The van der Waals surface area contributed by atoms with E-state index in [1.165, 1.54) is 0 Å². The normalized spacial score (nSPS) is 11.4. The SMILES string of the molecule is Cc1cccc(S(=O)(=O)CCCCc2ccc(CC(=O)O)cc2)c1. The van der Waals surface area contributed by atoms with Gasteiger partial charge in [-0.1, -0.05) is 36.4 Å². The van der Waals surface area contributed by atoms with Gasteiger partial charge in [0.05, 0.1) is 17.1 Å². The molecule has 0 bridgehead atoms. The number of aliphatic carboxylic acids is 1. The molecule has 0 radical (unpaired) electrons. The molecule has 2 aromatic rings. The minimum Gasteiger partial charge on any atom is -0.481 e. The maximum absolute atomic E-state index is 12.3. The van der Waals surface area contributed by atoms with Gasteiger partial charge in [0.1, 0.15) is 0 Å². The number of carboxylic acids is 1. The van der Waals surface area contributed by atoms with Gasteiger partial charge in [-0.3, -0.25) is 4.79 Å². The monoisotopic (exact) mass is 346 g/mol. The Bertz CT molecular complexity index is 792. The molecule has 0 atom stereocenters. The Morgan fingerprint density at radius 1 is 1.00 bits per heavy atom. The molecule has 5 heteroatoms. The number of hydrogen-bond acceptors (Lipinski definition) is 3. The van der Waals surface area contributed by atoms with Crippen LogP contribution in [0.2, 0.25) is 0 Å². The summed E-state index contributed by atoms with van der Waals surface area (Å²) in [5.74, 6) is -0.697. The summed E-state index contributed by atoms with van der Waals surface area (Å²) in [5.41, 5.74) is 2.81. The molecular weight excluding hydrogens is 324 g/mol. The third kappa shape index (κ3) is 5.49. The van der Waals surface area contributed by atoms with E-state index < -0.39 is 15.8 Å². The lowest BCUT2D eigenvalue weighted by Crippen LogP contribution is -2.07. The average Bonchev–Trinajstić information content (AvgIpc) is 2.52. The molecule has 1 N–H and O–H groups in total. The van der Waals surface area contributed by atoms with Crippen molar-refractivity contribution in [1.29, 1.82) is 0 Å². The predicted octanol–water partition coefficient (Wildman–Crippen LogP) is 3.42. The number of rotatable bonds is 8. The van der Waals surface area contributed by atoms with Crippen LogP contribution in [-0.4, -0.2) is 25.2 Å². The number of benzene rings is 2. The first-order valence-corrected chi connectivity index (χ1v) is 9.61. The van der Waals surface area contributed by atoms with Crippen LogP contribution in [0, 0.1) is 6.92 Å². The fraction of sp³-hybridized carbons (Fsp3) is 0.316. The highest BCUT2D eigenvalue weighted by Crippen LogP contribution is 2.15. The summed E-state index contributed by atoms with van der Waals surface area (Å²) in [6.07, 6.45) is 2.20. The van der Waals surface area contributed by atoms with Crippen LogP contribution in [0.1, 0.15) is 29.5 Å². The van der Waals surface area contributed by atoms with E-state index in [1.54, 1.807) is 18.2 Å². The van der Waals surface area contributed by atoms with E-state index in [-0.39, 0.29) is 12.2 Å². The van der Waals surface area contributed by atoms with Crippen molar-refractivity contribution in [3.05, 3.63) is 65.2 Å². The van der Waals surface area contributed by atoms with Gasteiger partial charge in [-0.2, -0.15) is 0 Å². The second kappa shape index (κ2) is 8.11. The van der Waals surface area contributed by atoms with Crippen LogP contribution in [0.4, 0.5) is 0 Å². The first-order chi connectivity index (χ1) is 11.4. The lowest BCUT2D eigenvalue weighted by molar-refractivity contribution is -0.136. The van der Waals surface area contributed by atoms with E-state index in [0.717, 1.165) is 29.5 Å². The van der Waals surface area contributed by atoms with E-state index in [1.807, 2.05) is 37.3 Å². The maximum atomic E-state index is 12.3. The highest BCUT2D eigenvalue weighted by atomic mass is 32.2. The van der Waals surface area contributed by atoms with Crippen LogP contribution in [0.3, 0.4) is 0 Å². The van der Waals surface area contributed by atoms with Gasteiger partial charge in [-0.15, -0.1) is 0 Å². The third-order valence-corrected chi connectivity index (χ3v) is 5.65. The highest BCUT2D eigenvalue weighted by molar-refractivity contribution is 7.91. The van der Waals surface area contributed by atoms with Gasteiger partial charge < -0.3 is 5.11 Å². The fourth-order valence-corrected chi connectivity index (χ4v) is 4.02. The number of aryl methyl sites for hydroxylation is 2. The number of carbonyl (C=O) groups is 1. The smallest absolute Gasteiger partial charge is 0.307 e. The van der Waals surface area contributed by atoms with Crippen molar-refractivity contribution in [1.82, 2.24) is 0 Å². The van der Waals surface area contributed by atoms with Crippen LogP contribution in [0.25, 0.3) is 0 Å². The Hall–Kier alpha value is -2.14. The molecule has 0 fully saturated rings. The van der Waals surface area contributed by atoms with Crippen molar-refractivity contribution >= 4 is 15.8 Å². The second-order valence-electron chi connectivity index (χ2n) is 5.98. The van der Waals surface area contributed by atoms with E-state index in [9.17, 15) is 13.2 Å². The molecule has 0 spiro atoms. The van der Waals surface area contributed by atoms with E-state index in [2.05, 4.69) is 0 Å². The number of hydrogen-bond donors (Lipinski definition) is 1. The van der Waals surface area contributed by atoms with Crippen molar-refractivity contribution in [2.24, 2.45) is 0 Å². The number of unbranched alkanes of at least 4 members (excludes halogenated alkanes) is 1. The lowest BCUT2D eigenvalue weighted by atomic mass is 10.1. The first kappa shape index (κ1) is 18.2. The second-order valence-corrected chi connectivity index (χ2v) is 8.09. The van der Waals surface area contributed by atoms with Gasteiger partial charge in [-0.25, -0.2) is 8.42 Å². The van der Waals surface area contributed by atoms with Gasteiger partial charge >= 0.3 is 5.97 Å². The van der Waals surface area contributed by atoms with Crippen LogP contribution < -0.4 is 0 Å². The lowest BCUT2D eigenvalue weighted by Gasteiger charge is -2.06. The molecule has 2 aromatic carbocycles. The largest absolute Gasteiger partial charge is 0.481 e. The summed E-state index contributed by atoms with van der Waals surface area (Å²) in [4.78, 5) is 11.0. The molecule has 0 aliphatic heterocycles. The van der Waals surface area contributed by atoms with Crippen molar-refractivity contribution < 1.29 is 18.3 Å². The Labute approximate surface area is 143 Å². The van der Waals surface area contributed by atoms with Gasteiger partial charge in [0.25, 0.3) is 0 Å². The highest BCUT2D eigenvalue weighted by Gasteiger charge is 2.13. The van der Waals surface area contributed by atoms with Crippen molar-refractivity contribution in [3.8, 4) is 0 Å². The third-order valence-electron chi connectivity index (χ3n) is 3.86. The van der Waals surface area contributed by atoms with Crippen LogP contribution >= 0.6 is 0 Å². The van der Waals surface area contributed by atoms with Crippen LogP contribution in [0.15, 0.2) is 53.4 Å².